The SMILES string of the molecule is CC.Cc1cnc2ccncn12. The Morgan fingerprint density at radius 2 is 2.08 bits per heavy atom. The Kier molecular flexibility index (Phi) is 2.80. The summed E-state index contributed by atoms with van der Waals surface area (Å²) in [5.41, 5.74) is 2.07. The Labute approximate surface area is 72.1 Å². The highest BCUT2D eigenvalue weighted by Gasteiger charge is 1.94. The van der Waals surface area contributed by atoms with Crippen LogP contribution in [0.15, 0.2) is 24.8 Å². The van der Waals surface area contributed by atoms with E-state index in [-0.39, 0.29) is 0 Å². The molecule has 12 heavy (non-hydrogen) atoms. The van der Waals surface area contributed by atoms with Crippen LogP contribution in [0.25, 0.3) is 5.65 Å². The van der Waals surface area contributed by atoms with Gasteiger partial charge in [-0.2, -0.15) is 0 Å². The minimum absolute atomic E-state index is 0.951. The zero-order valence-corrected chi connectivity index (χ0v) is 7.65. The van der Waals surface area contributed by atoms with Crippen molar-refractivity contribution in [2.24, 2.45) is 0 Å². The van der Waals surface area contributed by atoms with Crippen LogP contribution in [0.4, 0.5) is 0 Å². The molecule has 0 N–H and O–H groups in total. The van der Waals surface area contributed by atoms with E-state index >= 15 is 0 Å². The second-order valence-corrected chi connectivity index (χ2v) is 2.21. The molecule has 2 aromatic heterocycles. The van der Waals surface area contributed by atoms with Crippen LogP contribution < -0.4 is 0 Å². The third-order valence-corrected chi connectivity index (χ3v) is 1.50. The number of hydrogen-bond acceptors (Lipinski definition) is 2. The van der Waals surface area contributed by atoms with Gasteiger partial charge in [-0.25, -0.2) is 9.97 Å². The summed E-state index contributed by atoms with van der Waals surface area (Å²) in [6.45, 7) is 6.00. The fourth-order valence-electron chi connectivity index (χ4n) is 0.953. The van der Waals surface area contributed by atoms with Gasteiger partial charge in [0.1, 0.15) is 12.0 Å². The summed E-state index contributed by atoms with van der Waals surface area (Å²) in [5, 5.41) is 0. The van der Waals surface area contributed by atoms with Crippen LogP contribution in [-0.2, 0) is 0 Å². The summed E-state index contributed by atoms with van der Waals surface area (Å²) in [5.74, 6) is 0. The van der Waals surface area contributed by atoms with Crippen LogP contribution in [0, 0.1) is 6.92 Å². The summed E-state index contributed by atoms with van der Waals surface area (Å²) in [6, 6.07) is 1.88. The molecule has 0 aromatic carbocycles. The van der Waals surface area contributed by atoms with Gasteiger partial charge in [0.25, 0.3) is 0 Å². The lowest BCUT2D eigenvalue weighted by molar-refractivity contribution is 1.04. The molecule has 3 nitrogen and oxygen atoms in total. The highest BCUT2D eigenvalue weighted by Crippen LogP contribution is 2.01. The first-order valence-electron chi connectivity index (χ1n) is 4.11. The van der Waals surface area contributed by atoms with Gasteiger partial charge in [-0.05, 0) is 13.0 Å². The van der Waals surface area contributed by atoms with Crippen molar-refractivity contribution in [2.75, 3.05) is 0 Å². The number of aryl methyl sites for hydroxylation is 1. The maximum Gasteiger partial charge on any atom is 0.139 e. The number of aromatic nitrogens is 3. The van der Waals surface area contributed by atoms with Gasteiger partial charge in [-0.1, -0.05) is 13.8 Å². The van der Waals surface area contributed by atoms with E-state index < -0.39 is 0 Å². The first-order chi connectivity index (χ1) is 5.88. The van der Waals surface area contributed by atoms with E-state index in [1.54, 1.807) is 12.5 Å². The van der Waals surface area contributed by atoms with Crippen LogP contribution in [0.5, 0.6) is 0 Å². The van der Waals surface area contributed by atoms with Crippen LogP contribution in [0.3, 0.4) is 0 Å². The van der Waals surface area contributed by atoms with Crippen molar-refractivity contribution in [3.8, 4) is 0 Å². The maximum atomic E-state index is 4.14. The van der Waals surface area contributed by atoms with E-state index in [1.807, 2.05) is 37.4 Å². The Morgan fingerprint density at radius 3 is 2.75 bits per heavy atom. The van der Waals surface area contributed by atoms with E-state index in [0.29, 0.717) is 0 Å². The number of nitrogens with zero attached hydrogens (tertiary/aromatic N) is 3. The van der Waals surface area contributed by atoms with Gasteiger partial charge in [-0.3, -0.25) is 4.40 Å². The lowest BCUT2D eigenvalue weighted by atomic mass is 10.5. The lowest BCUT2D eigenvalue weighted by Gasteiger charge is -1.90. The molecule has 0 aliphatic carbocycles. The van der Waals surface area contributed by atoms with E-state index in [0.717, 1.165) is 11.3 Å². The molecule has 3 heteroatoms. The monoisotopic (exact) mass is 163 g/mol. The van der Waals surface area contributed by atoms with E-state index in [9.17, 15) is 0 Å². The molecule has 2 rings (SSSR count). The minimum Gasteiger partial charge on any atom is -0.288 e. The molecule has 64 valence electrons. The standard InChI is InChI=1S/C7H7N3.C2H6/c1-6-4-9-7-2-3-8-5-10(6)7;1-2/h2-5H,1H3;1-2H3. The fourth-order valence-corrected chi connectivity index (χ4v) is 0.953. The van der Waals surface area contributed by atoms with Gasteiger partial charge in [0.2, 0.25) is 0 Å². The number of imidazole rings is 1. The molecule has 0 radical (unpaired) electrons. The Bertz CT molecular complexity index is 351. The highest BCUT2D eigenvalue weighted by molar-refractivity contribution is 5.37. The molecule has 0 saturated heterocycles. The number of fused-ring (bicyclic) bond motifs is 1. The second kappa shape index (κ2) is 3.85. The lowest BCUT2D eigenvalue weighted by Crippen LogP contribution is -1.86. The third-order valence-electron chi connectivity index (χ3n) is 1.50. The van der Waals surface area contributed by atoms with Crippen molar-refractivity contribution in [3.05, 3.63) is 30.5 Å². The van der Waals surface area contributed by atoms with Gasteiger partial charge < -0.3 is 0 Å². The largest absolute Gasteiger partial charge is 0.288 e. The molecule has 0 aliphatic heterocycles. The van der Waals surface area contributed by atoms with Gasteiger partial charge in [0.15, 0.2) is 0 Å². The second-order valence-electron chi connectivity index (χ2n) is 2.21. The van der Waals surface area contributed by atoms with Gasteiger partial charge in [0.05, 0.1) is 0 Å². The Balaban J connectivity index is 0.000000336. The van der Waals surface area contributed by atoms with Crippen molar-refractivity contribution < 1.29 is 0 Å². The normalized spacial score (nSPS) is 9.25. The summed E-state index contributed by atoms with van der Waals surface area (Å²) < 4.78 is 1.94. The molecule has 0 fully saturated rings. The topological polar surface area (TPSA) is 30.2 Å². The maximum absolute atomic E-state index is 4.14. The Morgan fingerprint density at radius 1 is 1.33 bits per heavy atom. The highest BCUT2D eigenvalue weighted by atomic mass is 15.0. The van der Waals surface area contributed by atoms with Crippen molar-refractivity contribution in [3.63, 3.8) is 0 Å². The minimum atomic E-state index is 0.951. The fraction of sp³-hybridized carbons (Fsp3) is 0.333. The van der Waals surface area contributed by atoms with E-state index in [2.05, 4.69) is 9.97 Å². The molecule has 0 bridgehead atoms. The predicted molar refractivity (Wildman–Crippen MR) is 49.1 cm³/mol. The average Bonchev–Trinajstić information content (AvgIpc) is 2.53. The van der Waals surface area contributed by atoms with Crippen molar-refractivity contribution in [1.29, 1.82) is 0 Å². The first-order valence-corrected chi connectivity index (χ1v) is 4.11. The molecular weight excluding hydrogens is 150 g/mol. The first kappa shape index (κ1) is 8.71. The van der Waals surface area contributed by atoms with Crippen molar-refractivity contribution in [2.45, 2.75) is 20.8 Å². The third kappa shape index (κ3) is 1.44. The molecular formula is C9H13N3. The molecule has 2 aromatic rings. The van der Waals surface area contributed by atoms with Crippen molar-refractivity contribution >= 4 is 5.65 Å². The molecule has 0 aliphatic rings. The summed E-state index contributed by atoms with van der Waals surface area (Å²) in [6.07, 6.45) is 5.33. The smallest absolute Gasteiger partial charge is 0.139 e. The van der Waals surface area contributed by atoms with Gasteiger partial charge in [0, 0.05) is 18.1 Å². The molecule has 0 amide bonds. The number of rotatable bonds is 0. The summed E-state index contributed by atoms with van der Waals surface area (Å²) >= 11 is 0. The van der Waals surface area contributed by atoms with Gasteiger partial charge >= 0.3 is 0 Å². The molecule has 0 spiro atoms. The number of hydrogen-bond donors (Lipinski definition) is 0. The molecule has 0 atom stereocenters. The van der Waals surface area contributed by atoms with E-state index in [4.69, 9.17) is 0 Å². The van der Waals surface area contributed by atoms with Crippen LogP contribution in [-0.4, -0.2) is 14.4 Å². The molecule has 0 saturated carbocycles. The molecule has 0 unspecified atom stereocenters. The summed E-state index contributed by atoms with van der Waals surface area (Å²) in [4.78, 5) is 8.11. The van der Waals surface area contributed by atoms with Crippen molar-refractivity contribution in [1.82, 2.24) is 14.4 Å². The quantitative estimate of drug-likeness (QED) is 0.595. The molecule has 2 heterocycles. The average molecular weight is 163 g/mol. The zero-order chi connectivity index (χ0) is 8.97. The van der Waals surface area contributed by atoms with E-state index in [1.165, 1.54) is 0 Å². The van der Waals surface area contributed by atoms with Crippen LogP contribution in [0.2, 0.25) is 0 Å². The van der Waals surface area contributed by atoms with Crippen LogP contribution >= 0.6 is 0 Å². The van der Waals surface area contributed by atoms with Gasteiger partial charge in [-0.15, -0.1) is 0 Å². The van der Waals surface area contributed by atoms with Crippen LogP contribution in [0.1, 0.15) is 19.5 Å². The summed E-state index contributed by atoms with van der Waals surface area (Å²) in [7, 11) is 0. The predicted octanol–water partition coefficient (Wildman–Crippen LogP) is 2.06. The Hall–Kier alpha value is -1.38. The zero-order valence-electron chi connectivity index (χ0n) is 7.65.